The van der Waals surface area contributed by atoms with Crippen molar-refractivity contribution in [3.05, 3.63) is 59.9 Å². The molecule has 104 valence electrons. The van der Waals surface area contributed by atoms with Crippen molar-refractivity contribution >= 4 is 17.3 Å². The summed E-state index contributed by atoms with van der Waals surface area (Å²) in [6, 6.07) is 12.9. The van der Waals surface area contributed by atoms with Crippen LogP contribution in [0.4, 0.5) is 15.8 Å². The third-order valence-electron chi connectivity index (χ3n) is 2.67. The molecule has 2 aromatic rings. The minimum Gasteiger partial charge on any atom is -0.392 e. The van der Waals surface area contributed by atoms with Crippen molar-refractivity contribution in [3.8, 4) is 0 Å². The van der Waals surface area contributed by atoms with Crippen LogP contribution in [0.2, 0.25) is 0 Å². The van der Waals surface area contributed by atoms with Crippen molar-refractivity contribution in [2.75, 3.05) is 17.2 Å². The average Bonchev–Trinajstić information content (AvgIpc) is 2.45. The number of aliphatic hydroxyl groups excluding tert-OH is 1. The SMILES string of the molecule is O=C(CNc1cccc(CO)c1)Nc1cccc(F)c1. The van der Waals surface area contributed by atoms with Gasteiger partial charge >= 0.3 is 0 Å². The highest BCUT2D eigenvalue weighted by Crippen LogP contribution is 2.11. The monoisotopic (exact) mass is 274 g/mol. The van der Waals surface area contributed by atoms with E-state index in [1.807, 2.05) is 0 Å². The van der Waals surface area contributed by atoms with Crippen molar-refractivity contribution in [2.45, 2.75) is 6.61 Å². The summed E-state index contributed by atoms with van der Waals surface area (Å²) in [4.78, 5) is 11.7. The van der Waals surface area contributed by atoms with Crippen LogP contribution in [0.1, 0.15) is 5.56 Å². The first-order chi connectivity index (χ1) is 9.67. The Morgan fingerprint density at radius 2 is 1.85 bits per heavy atom. The average molecular weight is 274 g/mol. The number of amides is 1. The molecule has 0 aliphatic carbocycles. The van der Waals surface area contributed by atoms with E-state index >= 15 is 0 Å². The fourth-order valence-electron chi connectivity index (χ4n) is 1.73. The first kappa shape index (κ1) is 14.0. The van der Waals surface area contributed by atoms with Gasteiger partial charge in [-0.15, -0.1) is 0 Å². The molecule has 20 heavy (non-hydrogen) atoms. The number of carbonyl (C=O) groups is 1. The number of hydrogen-bond acceptors (Lipinski definition) is 3. The molecule has 2 aromatic carbocycles. The van der Waals surface area contributed by atoms with Crippen LogP contribution in [0, 0.1) is 5.82 Å². The minimum atomic E-state index is -0.397. The Bertz CT molecular complexity index is 602. The number of halogens is 1. The van der Waals surface area contributed by atoms with Crippen LogP contribution in [0.15, 0.2) is 48.5 Å². The Balaban J connectivity index is 1.88. The van der Waals surface area contributed by atoms with Crippen LogP contribution >= 0.6 is 0 Å². The van der Waals surface area contributed by atoms with Crippen molar-refractivity contribution in [1.29, 1.82) is 0 Å². The molecule has 0 fully saturated rings. The molecule has 0 bridgehead atoms. The van der Waals surface area contributed by atoms with Crippen molar-refractivity contribution in [3.63, 3.8) is 0 Å². The van der Waals surface area contributed by atoms with E-state index in [1.54, 1.807) is 30.3 Å². The summed E-state index contributed by atoms with van der Waals surface area (Å²) in [7, 11) is 0. The highest BCUT2D eigenvalue weighted by Gasteiger charge is 2.03. The maximum atomic E-state index is 13.0. The zero-order chi connectivity index (χ0) is 14.4. The van der Waals surface area contributed by atoms with E-state index in [9.17, 15) is 9.18 Å². The third-order valence-corrected chi connectivity index (χ3v) is 2.67. The van der Waals surface area contributed by atoms with Gasteiger partial charge in [0.2, 0.25) is 5.91 Å². The van der Waals surface area contributed by atoms with Crippen LogP contribution in [0.25, 0.3) is 0 Å². The molecular weight excluding hydrogens is 259 g/mol. The molecule has 0 spiro atoms. The summed E-state index contributed by atoms with van der Waals surface area (Å²) in [6.07, 6.45) is 0. The number of nitrogens with one attached hydrogen (secondary N) is 2. The molecule has 0 atom stereocenters. The largest absolute Gasteiger partial charge is 0.392 e. The molecule has 0 saturated heterocycles. The van der Waals surface area contributed by atoms with Gasteiger partial charge in [0.05, 0.1) is 13.2 Å². The second-order valence-corrected chi connectivity index (χ2v) is 4.27. The van der Waals surface area contributed by atoms with Gasteiger partial charge in [0.15, 0.2) is 0 Å². The number of benzene rings is 2. The summed E-state index contributed by atoms with van der Waals surface area (Å²) in [5.74, 6) is -0.670. The Morgan fingerprint density at radius 3 is 2.60 bits per heavy atom. The summed E-state index contributed by atoms with van der Waals surface area (Å²) in [5, 5.41) is 14.5. The summed E-state index contributed by atoms with van der Waals surface area (Å²) in [6.45, 7) is 0.0103. The molecule has 0 aromatic heterocycles. The van der Waals surface area contributed by atoms with Crippen LogP contribution in [0.3, 0.4) is 0 Å². The second-order valence-electron chi connectivity index (χ2n) is 4.27. The van der Waals surface area contributed by atoms with Gasteiger partial charge in [-0.1, -0.05) is 18.2 Å². The van der Waals surface area contributed by atoms with Crippen LogP contribution < -0.4 is 10.6 Å². The summed E-state index contributed by atoms with van der Waals surface area (Å²) < 4.78 is 13.0. The predicted octanol–water partition coefficient (Wildman–Crippen LogP) is 2.37. The third kappa shape index (κ3) is 4.07. The lowest BCUT2D eigenvalue weighted by Gasteiger charge is -2.08. The van der Waals surface area contributed by atoms with Crippen LogP contribution in [0.5, 0.6) is 0 Å². The van der Waals surface area contributed by atoms with Crippen LogP contribution in [-0.4, -0.2) is 17.6 Å². The molecule has 0 aliphatic heterocycles. The zero-order valence-corrected chi connectivity index (χ0v) is 10.8. The molecule has 0 unspecified atom stereocenters. The first-order valence-electron chi connectivity index (χ1n) is 6.16. The lowest BCUT2D eigenvalue weighted by Crippen LogP contribution is -2.21. The molecule has 0 radical (unpaired) electrons. The van der Waals surface area contributed by atoms with Crippen molar-refractivity contribution in [2.24, 2.45) is 0 Å². The maximum Gasteiger partial charge on any atom is 0.243 e. The van der Waals surface area contributed by atoms with Crippen molar-refractivity contribution < 1.29 is 14.3 Å². The smallest absolute Gasteiger partial charge is 0.243 e. The predicted molar refractivity (Wildman–Crippen MR) is 75.9 cm³/mol. The molecule has 0 aliphatic rings. The summed E-state index contributed by atoms with van der Waals surface area (Å²) >= 11 is 0. The molecule has 0 heterocycles. The Labute approximate surface area is 116 Å². The van der Waals surface area contributed by atoms with Gasteiger partial charge in [-0.25, -0.2) is 4.39 Å². The van der Waals surface area contributed by atoms with E-state index in [2.05, 4.69) is 10.6 Å². The van der Waals surface area contributed by atoms with Gasteiger partial charge < -0.3 is 15.7 Å². The molecular formula is C15H15FN2O2. The summed E-state index contributed by atoms with van der Waals surface area (Å²) in [5.41, 5.74) is 1.92. The number of hydrogen-bond donors (Lipinski definition) is 3. The lowest BCUT2D eigenvalue weighted by molar-refractivity contribution is -0.114. The Kier molecular flexibility index (Phi) is 4.68. The highest BCUT2D eigenvalue weighted by molar-refractivity contribution is 5.93. The normalized spacial score (nSPS) is 10.1. The van der Waals surface area contributed by atoms with Gasteiger partial charge in [0.1, 0.15) is 5.82 Å². The minimum absolute atomic E-state index is 0.0506. The first-order valence-corrected chi connectivity index (χ1v) is 6.16. The fourth-order valence-corrected chi connectivity index (χ4v) is 1.73. The maximum absolute atomic E-state index is 13.0. The lowest BCUT2D eigenvalue weighted by atomic mass is 10.2. The van der Waals surface area contributed by atoms with E-state index in [0.29, 0.717) is 5.69 Å². The van der Waals surface area contributed by atoms with Gasteiger partial charge in [0.25, 0.3) is 0 Å². The molecule has 1 amide bonds. The zero-order valence-electron chi connectivity index (χ0n) is 10.8. The Hall–Kier alpha value is -2.40. The van der Waals surface area contributed by atoms with Crippen LogP contribution in [-0.2, 0) is 11.4 Å². The molecule has 2 rings (SSSR count). The van der Waals surface area contributed by atoms with Gasteiger partial charge in [0, 0.05) is 11.4 Å². The van der Waals surface area contributed by atoms with E-state index in [4.69, 9.17) is 5.11 Å². The Morgan fingerprint density at radius 1 is 1.10 bits per heavy atom. The van der Waals surface area contributed by atoms with E-state index in [-0.39, 0.29) is 19.1 Å². The number of rotatable bonds is 5. The second kappa shape index (κ2) is 6.68. The van der Waals surface area contributed by atoms with Gasteiger partial charge in [-0.2, -0.15) is 0 Å². The molecule has 0 saturated carbocycles. The quantitative estimate of drug-likeness (QED) is 0.784. The molecule has 4 nitrogen and oxygen atoms in total. The fraction of sp³-hybridized carbons (Fsp3) is 0.133. The number of carbonyl (C=O) groups excluding carboxylic acids is 1. The standard InChI is InChI=1S/C15H15FN2O2/c16-12-4-2-6-14(8-12)18-15(20)9-17-13-5-1-3-11(7-13)10-19/h1-8,17,19H,9-10H2,(H,18,20). The van der Waals surface area contributed by atoms with Crippen molar-refractivity contribution in [1.82, 2.24) is 0 Å². The molecule has 3 N–H and O–H groups in total. The number of aliphatic hydroxyl groups is 1. The van der Waals surface area contributed by atoms with E-state index in [1.165, 1.54) is 18.2 Å². The van der Waals surface area contributed by atoms with E-state index < -0.39 is 5.82 Å². The van der Waals surface area contributed by atoms with E-state index in [0.717, 1.165) is 11.3 Å². The van der Waals surface area contributed by atoms with Gasteiger partial charge in [-0.3, -0.25) is 4.79 Å². The van der Waals surface area contributed by atoms with Gasteiger partial charge in [-0.05, 0) is 35.9 Å². The molecule has 5 heteroatoms. The highest BCUT2D eigenvalue weighted by atomic mass is 19.1. The topological polar surface area (TPSA) is 61.4 Å². The number of anilines is 2.